The van der Waals surface area contributed by atoms with E-state index in [0.29, 0.717) is 28.3 Å². The molecule has 2 unspecified atom stereocenters. The van der Waals surface area contributed by atoms with E-state index < -0.39 is 5.25 Å². The third kappa shape index (κ3) is 6.34. The van der Waals surface area contributed by atoms with Crippen LogP contribution in [-0.2, 0) is 17.9 Å². The SMILES string of the molecule is C=CCn1c(COc2ccc(Cl)cc2)nnc1SC(C)C(=O)NC(C)c1ccc(F)cc1. The minimum atomic E-state index is -0.421. The maximum absolute atomic E-state index is 13.1. The van der Waals surface area contributed by atoms with Crippen molar-refractivity contribution in [3.8, 4) is 5.75 Å². The van der Waals surface area contributed by atoms with Crippen LogP contribution in [0.5, 0.6) is 5.75 Å². The van der Waals surface area contributed by atoms with Gasteiger partial charge in [-0.3, -0.25) is 9.36 Å². The number of carbonyl (C=O) groups excluding carboxylic acids is 1. The van der Waals surface area contributed by atoms with Crippen LogP contribution < -0.4 is 10.1 Å². The van der Waals surface area contributed by atoms with E-state index in [1.807, 2.05) is 11.5 Å². The standard InChI is InChI=1S/C23H24ClFN4O2S/c1-4-13-29-21(14-31-20-11-7-18(24)8-12-20)27-28-23(29)32-16(3)22(30)26-15(2)17-5-9-19(25)10-6-17/h4-12,15-16H,1,13-14H2,2-3H3,(H,26,30). The van der Waals surface area contributed by atoms with Gasteiger partial charge in [-0.1, -0.05) is 41.6 Å². The second-order valence-electron chi connectivity index (χ2n) is 7.08. The number of carbonyl (C=O) groups is 1. The Bertz CT molecular complexity index is 1060. The van der Waals surface area contributed by atoms with E-state index in [9.17, 15) is 9.18 Å². The van der Waals surface area contributed by atoms with Gasteiger partial charge in [-0.15, -0.1) is 16.8 Å². The third-order valence-corrected chi connectivity index (χ3v) is 6.00. The Hall–Kier alpha value is -2.84. The summed E-state index contributed by atoms with van der Waals surface area (Å²) in [5, 5.41) is 12.2. The Morgan fingerprint density at radius 1 is 1.22 bits per heavy atom. The lowest BCUT2D eigenvalue weighted by atomic mass is 10.1. The molecule has 1 amide bonds. The molecule has 0 aliphatic carbocycles. The highest BCUT2D eigenvalue weighted by atomic mass is 35.5. The van der Waals surface area contributed by atoms with Crippen LogP contribution in [0.3, 0.4) is 0 Å². The largest absolute Gasteiger partial charge is 0.486 e. The van der Waals surface area contributed by atoms with Crippen molar-refractivity contribution in [2.75, 3.05) is 0 Å². The average Bonchev–Trinajstić information content (AvgIpc) is 3.15. The normalized spacial score (nSPS) is 12.8. The lowest BCUT2D eigenvalue weighted by molar-refractivity contribution is -0.120. The second kappa shape index (κ2) is 11.2. The highest BCUT2D eigenvalue weighted by molar-refractivity contribution is 8.00. The molecule has 2 aromatic carbocycles. The minimum Gasteiger partial charge on any atom is -0.486 e. The van der Waals surface area contributed by atoms with Crippen LogP contribution in [0.15, 0.2) is 66.3 Å². The summed E-state index contributed by atoms with van der Waals surface area (Å²) in [6.45, 7) is 8.14. The van der Waals surface area contributed by atoms with Crippen molar-refractivity contribution < 1.29 is 13.9 Å². The van der Waals surface area contributed by atoms with Crippen LogP contribution in [0, 0.1) is 5.82 Å². The maximum Gasteiger partial charge on any atom is 0.233 e. The average molecular weight is 475 g/mol. The number of halogens is 2. The number of thioether (sulfide) groups is 1. The van der Waals surface area contributed by atoms with Crippen LogP contribution in [0.25, 0.3) is 0 Å². The summed E-state index contributed by atoms with van der Waals surface area (Å²) >= 11 is 7.20. The van der Waals surface area contributed by atoms with Crippen LogP contribution in [-0.4, -0.2) is 25.9 Å². The van der Waals surface area contributed by atoms with Crippen molar-refractivity contribution in [2.24, 2.45) is 0 Å². The summed E-state index contributed by atoms with van der Waals surface area (Å²) in [6.07, 6.45) is 1.74. The summed E-state index contributed by atoms with van der Waals surface area (Å²) in [4.78, 5) is 12.7. The number of amides is 1. The van der Waals surface area contributed by atoms with E-state index in [-0.39, 0.29) is 24.4 Å². The molecule has 1 aromatic heterocycles. The molecule has 3 rings (SSSR count). The van der Waals surface area contributed by atoms with Gasteiger partial charge >= 0.3 is 0 Å². The zero-order chi connectivity index (χ0) is 23.1. The number of rotatable bonds is 10. The summed E-state index contributed by atoms with van der Waals surface area (Å²) in [7, 11) is 0. The molecular weight excluding hydrogens is 451 g/mol. The van der Waals surface area contributed by atoms with Crippen LogP contribution in [0.1, 0.15) is 31.3 Å². The van der Waals surface area contributed by atoms with Gasteiger partial charge < -0.3 is 10.1 Å². The minimum absolute atomic E-state index is 0.154. The van der Waals surface area contributed by atoms with Crippen molar-refractivity contribution in [1.29, 1.82) is 0 Å². The summed E-state index contributed by atoms with van der Waals surface area (Å²) in [6, 6.07) is 12.9. The molecule has 0 bridgehead atoms. The fourth-order valence-electron chi connectivity index (χ4n) is 2.88. The zero-order valence-corrected chi connectivity index (χ0v) is 19.4. The predicted octanol–water partition coefficient (Wildman–Crippen LogP) is 5.19. The zero-order valence-electron chi connectivity index (χ0n) is 17.8. The number of nitrogens with one attached hydrogen (secondary N) is 1. The van der Waals surface area contributed by atoms with Gasteiger partial charge in [0.15, 0.2) is 11.0 Å². The first-order valence-corrected chi connectivity index (χ1v) is 11.3. The Kier molecular flexibility index (Phi) is 8.30. The first-order valence-electron chi connectivity index (χ1n) is 10.0. The molecule has 0 saturated carbocycles. The van der Waals surface area contributed by atoms with Crippen LogP contribution in [0.4, 0.5) is 4.39 Å². The van der Waals surface area contributed by atoms with E-state index in [0.717, 1.165) is 5.56 Å². The van der Waals surface area contributed by atoms with Crippen molar-refractivity contribution in [3.63, 3.8) is 0 Å². The first-order chi connectivity index (χ1) is 15.4. The molecule has 9 heteroatoms. The highest BCUT2D eigenvalue weighted by Gasteiger charge is 2.21. The lowest BCUT2D eigenvalue weighted by Gasteiger charge is -2.18. The Morgan fingerprint density at radius 2 is 1.91 bits per heavy atom. The van der Waals surface area contributed by atoms with Gasteiger partial charge in [-0.2, -0.15) is 0 Å². The monoisotopic (exact) mass is 474 g/mol. The van der Waals surface area contributed by atoms with E-state index >= 15 is 0 Å². The van der Waals surface area contributed by atoms with Crippen molar-refractivity contribution in [3.05, 3.63) is 83.4 Å². The summed E-state index contributed by atoms with van der Waals surface area (Å²) < 4.78 is 20.8. The molecular formula is C23H24ClFN4O2S. The van der Waals surface area contributed by atoms with E-state index in [2.05, 4.69) is 22.1 Å². The smallest absolute Gasteiger partial charge is 0.233 e. The van der Waals surface area contributed by atoms with Crippen molar-refractivity contribution in [2.45, 2.75) is 43.4 Å². The third-order valence-electron chi connectivity index (χ3n) is 4.67. The maximum atomic E-state index is 13.1. The van der Waals surface area contributed by atoms with Crippen LogP contribution in [0.2, 0.25) is 5.02 Å². The fourth-order valence-corrected chi connectivity index (χ4v) is 3.89. The molecule has 0 fully saturated rings. The molecule has 168 valence electrons. The topological polar surface area (TPSA) is 69.0 Å². The number of ether oxygens (including phenoxy) is 1. The Labute approximate surface area is 195 Å². The summed E-state index contributed by atoms with van der Waals surface area (Å²) in [5.74, 6) is 0.821. The molecule has 1 N–H and O–H groups in total. The van der Waals surface area contributed by atoms with Crippen LogP contribution >= 0.6 is 23.4 Å². The van der Waals surface area contributed by atoms with Gasteiger partial charge in [-0.25, -0.2) is 4.39 Å². The second-order valence-corrected chi connectivity index (χ2v) is 8.83. The Morgan fingerprint density at radius 3 is 2.56 bits per heavy atom. The fraction of sp³-hybridized carbons (Fsp3) is 0.261. The van der Waals surface area contributed by atoms with E-state index in [1.165, 1.54) is 23.9 Å². The molecule has 32 heavy (non-hydrogen) atoms. The van der Waals surface area contributed by atoms with E-state index in [4.69, 9.17) is 16.3 Å². The van der Waals surface area contributed by atoms with Gasteiger partial charge in [0.2, 0.25) is 5.91 Å². The van der Waals surface area contributed by atoms with Gasteiger partial charge in [-0.05, 0) is 55.8 Å². The molecule has 2 atom stereocenters. The van der Waals surface area contributed by atoms with Gasteiger partial charge in [0, 0.05) is 11.6 Å². The lowest BCUT2D eigenvalue weighted by Crippen LogP contribution is -2.33. The quantitative estimate of drug-likeness (QED) is 0.323. The predicted molar refractivity (Wildman–Crippen MR) is 124 cm³/mol. The molecule has 1 heterocycles. The van der Waals surface area contributed by atoms with Gasteiger partial charge in [0.05, 0.1) is 11.3 Å². The molecule has 0 saturated heterocycles. The Balaban J connectivity index is 1.63. The molecule has 0 aliphatic heterocycles. The van der Waals surface area contributed by atoms with Crippen molar-refractivity contribution in [1.82, 2.24) is 20.1 Å². The molecule has 0 spiro atoms. The molecule has 0 aliphatic rings. The number of hydrogen-bond acceptors (Lipinski definition) is 5. The number of nitrogens with zero attached hydrogens (tertiary/aromatic N) is 3. The number of hydrogen-bond donors (Lipinski definition) is 1. The number of allylic oxidation sites excluding steroid dienone is 1. The molecule has 3 aromatic rings. The number of aromatic nitrogens is 3. The van der Waals surface area contributed by atoms with Crippen molar-refractivity contribution >= 4 is 29.3 Å². The highest BCUT2D eigenvalue weighted by Crippen LogP contribution is 2.24. The van der Waals surface area contributed by atoms with Gasteiger partial charge in [0.25, 0.3) is 0 Å². The molecule has 6 nitrogen and oxygen atoms in total. The molecule has 0 radical (unpaired) electrons. The first kappa shape index (κ1) is 23.8. The number of benzene rings is 2. The summed E-state index contributed by atoms with van der Waals surface area (Å²) in [5.41, 5.74) is 0.827. The van der Waals surface area contributed by atoms with E-state index in [1.54, 1.807) is 49.4 Å². The van der Waals surface area contributed by atoms with Gasteiger partial charge in [0.1, 0.15) is 18.2 Å².